The molecule has 1 heterocycles. The van der Waals surface area contributed by atoms with Gasteiger partial charge < -0.3 is 19.5 Å². The number of hydrogen-bond acceptors (Lipinski definition) is 4. The molecule has 0 bridgehead atoms. The summed E-state index contributed by atoms with van der Waals surface area (Å²) < 4.78 is 24.4. The maximum absolute atomic E-state index is 13.5. The fourth-order valence-electron chi connectivity index (χ4n) is 2.89. The summed E-state index contributed by atoms with van der Waals surface area (Å²) in [5, 5.41) is 9.93. The van der Waals surface area contributed by atoms with E-state index in [1.807, 2.05) is 24.3 Å². The molecule has 0 amide bonds. The summed E-state index contributed by atoms with van der Waals surface area (Å²) in [6.45, 7) is 2.59. The highest BCUT2D eigenvalue weighted by Crippen LogP contribution is 2.23. The quantitative estimate of drug-likeness (QED) is 0.796. The van der Waals surface area contributed by atoms with Gasteiger partial charge in [0.15, 0.2) is 0 Å². The second kappa shape index (κ2) is 8.83. The van der Waals surface area contributed by atoms with Crippen LogP contribution in [0.5, 0.6) is 5.75 Å². The van der Waals surface area contributed by atoms with Crippen LogP contribution >= 0.6 is 0 Å². The Kier molecular flexibility index (Phi) is 6.25. The molecule has 0 aromatic heterocycles. The average Bonchev–Trinajstić information content (AvgIpc) is 3.17. The Bertz CT molecular complexity index is 656. The number of rotatable bonds is 8. The van der Waals surface area contributed by atoms with E-state index < -0.39 is 6.10 Å². The molecule has 1 N–H and O–H groups in total. The lowest BCUT2D eigenvalue weighted by molar-refractivity contribution is 0.00477. The molecule has 5 heteroatoms. The van der Waals surface area contributed by atoms with Crippen molar-refractivity contribution in [2.45, 2.75) is 25.6 Å². The van der Waals surface area contributed by atoms with Crippen molar-refractivity contribution in [3.63, 3.8) is 0 Å². The molecule has 1 aliphatic heterocycles. The Morgan fingerprint density at radius 1 is 1.00 bits per heavy atom. The molecule has 3 rings (SSSR count). The Morgan fingerprint density at radius 3 is 2.44 bits per heavy atom. The number of anilines is 1. The van der Waals surface area contributed by atoms with Crippen LogP contribution in [-0.2, 0) is 11.3 Å². The molecule has 1 atom stereocenters. The second-order valence-corrected chi connectivity index (χ2v) is 6.26. The van der Waals surface area contributed by atoms with Gasteiger partial charge in [0.2, 0.25) is 0 Å². The molecule has 2 aromatic rings. The van der Waals surface area contributed by atoms with Crippen molar-refractivity contribution in [3.8, 4) is 5.75 Å². The van der Waals surface area contributed by atoms with Crippen molar-refractivity contribution in [2.24, 2.45) is 0 Å². The van der Waals surface area contributed by atoms with E-state index in [0.29, 0.717) is 5.56 Å². The first-order valence-electron chi connectivity index (χ1n) is 8.69. The van der Waals surface area contributed by atoms with Crippen molar-refractivity contribution in [2.75, 3.05) is 31.2 Å². The van der Waals surface area contributed by atoms with Crippen LogP contribution in [-0.4, -0.2) is 37.5 Å². The molecule has 1 saturated heterocycles. The molecule has 1 unspecified atom stereocenters. The minimum atomic E-state index is -0.759. The molecular weight excluding hydrogens is 321 g/mol. The van der Waals surface area contributed by atoms with Crippen LogP contribution in [0.4, 0.5) is 10.1 Å². The molecule has 0 radical (unpaired) electrons. The molecular formula is C20H24FNO3. The average molecular weight is 345 g/mol. The van der Waals surface area contributed by atoms with Crippen molar-refractivity contribution in [1.29, 1.82) is 0 Å². The van der Waals surface area contributed by atoms with Crippen LogP contribution in [0.15, 0.2) is 48.5 Å². The molecule has 1 aliphatic rings. The molecule has 134 valence electrons. The number of aliphatic hydroxyl groups is 1. The van der Waals surface area contributed by atoms with Gasteiger partial charge in [-0.25, -0.2) is 4.39 Å². The zero-order valence-electron chi connectivity index (χ0n) is 14.2. The third-order valence-electron chi connectivity index (χ3n) is 4.28. The third-order valence-corrected chi connectivity index (χ3v) is 4.28. The van der Waals surface area contributed by atoms with Crippen LogP contribution in [0.25, 0.3) is 0 Å². The van der Waals surface area contributed by atoms with E-state index in [2.05, 4.69) is 4.90 Å². The highest BCUT2D eigenvalue weighted by molar-refractivity contribution is 5.49. The number of hydrogen-bond donors (Lipinski definition) is 1. The van der Waals surface area contributed by atoms with Crippen molar-refractivity contribution >= 4 is 5.69 Å². The molecule has 25 heavy (non-hydrogen) atoms. The lowest BCUT2D eigenvalue weighted by Gasteiger charge is -2.18. The number of aliphatic hydroxyl groups excluding tert-OH is 1. The van der Waals surface area contributed by atoms with E-state index in [-0.39, 0.29) is 25.6 Å². The fourth-order valence-corrected chi connectivity index (χ4v) is 2.89. The van der Waals surface area contributed by atoms with E-state index in [0.717, 1.165) is 18.8 Å². The molecule has 0 saturated carbocycles. The predicted octanol–water partition coefficient (Wildman–Crippen LogP) is 3.38. The Labute approximate surface area is 147 Å². The lowest BCUT2D eigenvalue weighted by atomic mass is 10.2. The van der Waals surface area contributed by atoms with Gasteiger partial charge in [-0.2, -0.15) is 0 Å². The van der Waals surface area contributed by atoms with Gasteiger partial charge in [-0.3, -0.25) is 0 Å². The predicted molar refractivity (Wildman–Crippen MR) is 95.4 cm³/mol. The largest absolute Gasteiger partial charge is 0.491 e. The summed E-state index contributed by atoms with van der Waals surface area (Å²) >= 11 is 0. The van der Waals surface area contributed by atoms with Gasteiger partial charge >= 0.3 is 0 Å². The van der Waals surface area contributed by atoms with Gasteiger partial charge in [-0.15, -0.1) is 0 Å². The SMILES string of the molecule is OC(COCc1ccccc1F)COc1ccc(N2CCCC2)cc1. The normalized spacial score (nSPS) is 15.4. The van der Waals surface area contributed by atoms with Crippen molar-refractivity contribution < 1.29 is 19.0 Å². The van der Waals surface area contributed by atoms with Gasteiger partial charge in [0.05, 0.1) is 13.2 Å². The van der Waals surface area contributed by atoms with Crippen LogP contribution < -0.4 is 9.64 Å². The zero-order valence-corrected chi connectivity index (χ0v) is 14.2. The van der Waals surface area contributed by atoms with E-state index in [9.17, 15) is 9.50 Å². The summed E-state index contributed by atoms with van der Waals surface area (Å²) in [6.07, 6.45) is 1.74. The number of benzene rings is 2. The van der Waals surface area contributed by atoms with Gasteiger partial charge in [0.1, 0.15) is 24.3 Å². The van der Waals surface area contributed by atoms with E-state index in [1.165, 1.54) is 24.6 Å². The van der Waals surface area contributed by atoms with Crippen LogP contribution in [0.1, 0.15) is 18.4 Å². The van der Waals surface area contributed by atoms with Crippen LogP contribution in [0.2, 0.25) is 0 Å². The third kappa shape index (κ3) is 5.18. The number of ether oxygens (including phenoxy) is 2. The Hall–Kier alpha value is -2.11. The first-order valence-corrected chi connectivity index (χ1v) is 8.69. The van der Waals surface area contributed by atoms with Gasteiger partial charge in [-0.1, -0.05) is 18.2 Å². The lowest BCUT2D eigenvalue weighted by Crippen LogP contribution is -2.23. The summed E-state index contributed by atoms with van der Waals surface area (Å²) in [4.78, 5) is 2.36. The van der Waals surface area contributed by atoms with Crippen LogP contribution in [0.3, 0.4) is 0 Å². The molecule has 4 nitrogen and oxygen atoms in total. The number of nitrogens with zero attached hydrogens (tertiary/aromatic N) is 1. The summed E-state index contributed by atoms with van der Waals surface area (Å²) in [7, 11) is 0. The highest BCUT2D eigenvalue weighted by atomic mass is 19.1. The summed E-state index contributed by atoms with van der Waals surface area (Å²) in [5.41, 5.74) is 1.69. The standard InChI is InChI=1S/C20H24FNO3/c21-20-6-2-1-5-16(20)13-24-14-18(23)15-25-19-9-7-17(8-10-19)22-11-3-4-12-22/h1-2,5-10,18,23H,3-4,11-15H2. The van der Waals surface area contributed by atoms with Crippen LogP contribution in [0, 0.1) is 5.82 Å². The zero-order chi connectivity index (χ0) is 17.5. The smallest absolute Gasteiger partial charge is 0.128 e. The van der Waals surface area contributed by atoms with Gasteiger partial charge in [0.25, 0.3) is 0 Å². The number of halogens is 1. The maximum atomic E-state index is 13.5. The van der Waals surface area contributed by atoms with Gasteiger partial charge in [-0.05, 0) is 43.2 Å². The summed E-state index contributed by atoms with van der Waals surface area (Å²) in [6, 6.07) is 14.4. The molecule has 0 aliphatic carbocycles. The van der Waals surface area contributed by atoms with E-state index in [4.69, 9.17) is 9.47 Å². The van der Waals surface area contributed by atoms with E-state index >= 15 is 0 Å². The van der Waals surface area contributed by atoms with Gasteiger partial charge in [0, 0.05) is 24.3 Å². The van der Waals surface area contributed by atoms with Crippen molar-refractivity contribution in [1.82, 2.24) is 0 Å². The monoisotopic (exact) mass is 345 g/mol. The topological polar surface area (TPSA) is 41.9 Å². The second-order valence-electron chi connectivity index (χ2n) is 6.26. The minimum absolute atomic E-state index is 0.0974. The fraction of sp³-hybridized carbons (Fsp3) is 0.400. The first kappa shape index (κ1) is 17.7. The maximum Gasteiger partial charge on any atom is 0.128 e. The first-order chi connectivity index (χ1) is 12.2. The van der Waals surface area contributed by atoms with E-state index in [1.54, 1.807) is 18.2 Å². The Morgan fingerprint density at radius 2 is 1.72 bits per heavy atom. The van der Waals surface area contributed by atoms with Crippen molar-refractivity contribution in [3.05, 3.63) is 59.9 Å². The minimum Gasteiger partial charge on any atom is -0.491 e. The Balaban J connectivity index is 1.38. The molecule has 1 fully saturated rings. The molecule has 2 aromatic carbocycles. The molecule has 0 spiro atoms. The highest BCUT2D eigenvalue weighted by Gasteiger charge is 2.12. The summed E-state index contributed by atoms with van der Waals surface area (Å²) in [5.74, 6) is 0.419.